The zero-order valence-electron chi connectivity index (χ0n) is 15.8. The lowest BCUT2D eigenvalue weighted by atomic mass is 9.72. The topological polar surface area (TPSA) is 83.9 Å². The number of carbonyl (C=O) groups excluding carboxylic acids is 2. The Balaban J connectivity index is 2.33. The van der Waals surface area contributed by atoms with E-state index in [1.807, 2.05) is 33.8 Å². The van der Waals surface area contributed by atoms with Crippen LogP contribution < -0.4 is 0 Å². The van der Waals surface area contributed by atoms with E-state index in [2.05, 4.69) is 0 Å². The zero-order valence-corrected chi connectivity index (χ0v) is 15.8. The normalized spacial score (nSPS) is 19.7. The van der Waals surface area contributed by atoms with Crippen LogP contribution in [-0.4, -0.2) is 47.0 Å². The predicted octanol–water partition coefficient (Wildman–Crippen LogP) is 3.39. The summed E-state index contributed by atoms with van der Waals surface area (Å²) in [7, 11) is 0. The number of ether oxygens (including phenoxy) is 1. The van der Waals surface area contributed by atoms with Gasteiger partial charge in [-0.25, -0.2) is 4.79 Å². The number of carboxylic acid groups (broad SMARTS) is 1. The second-order valence-corrected chi connectivity index (χ2v) is 8.17. The molecule has 1 aliphatic rings. The van der Waals surface area contributed by atoms with Crippen LogP contribution in [0.3, 0.4) is 0 Å². The third kappa shape index (κ3) is 4.62. The van der Waals surface area contributed by atoms with Crippen LogP contribution in [0, 0.1) is 11.3 Å². The Morgan fingerprint density at radius 1 is 1.31 bits per heavy atom. The summed E-state index contributed by atoms with van der Waals surface area (Å²) in [4.78, 5) is 36.7. The highest BCUT2D eigenvalue weighted by atomic mass is 16.6. The molecule has 1 heterocycles. The standard InChI is InChI=1S/C20H27NO5/c1-19(2,3)26-17(23)20(4,16-8-9-21(12-16)18(24)25)11-14-6-5-7-15(10-14)13-22/h5-7,10,13,16H,8-9,11-12H2,1-4H3,(H,24,25)/t16-,20?/m0/s1. The molecule has 0 bridgehead atoms. The highest BCUT2D eigenvalue weighted by molar-refractivity contribution is 5.79. The molecule has 26 heavy (non-hydrogen) atoms. The predicted molar refractivity (Wildman–Crippen MR) is 97.2 cm³/mol. The molecule has 2 atom stereocenters. The Hall–Kier alpha value is -2.37. The monoisotopic (exact) mass is 361 g/mol. The van der Waals surface area contributed by atoms with E-state index >= 15 is 0 Å². The summed E-state index contributed by atoms with van der Waals surface area (Å²) < 4.78 is 5.67. The Kier molecular flexibility index (Phi) is 5.74. The van der Waals surface area contributed by atoms with E-state index in [0.29, 0.717) is 31.5 Å². The van der Waals surface area contributed by atoms with Gasteiger partial charge >= 0.3 is 12.1 Å². The molecule has 0 aromatic heterocycles. The van der Waals surface area contributed by atoms with Gasteiger partial charge in [-0.1, -0.05) is 18.2 Å². The number of esters is 1. The number of aldehydes is 1. The van der Waals surface area contributed by atoms with Gasteiger partial charge in [0.15, 0.2) is 0 Å². The summed E-state index contributed by atoms with van der Waals surface area (Å²) in [5, 5.41) is 9.25. The average Bonchev–Trinajstić information content (AvgIpc) is 3.04. The first-order valence-corrected chi connectivity index (χ1v) is 8.80. The number of nitrogens with zero attached hydrogens (tertiary/aromatic N) is 1. The maximum absolute atomic E-state index is 13.0. The smallest absolute Gasteiger partial charge is 0.407 e. The minimum absolute atomic E-state index is 0.145. The second kappa shape index (κ2) is 7.48. The molecule has 1 saturated heterocycles. The van der Waals surface area contributed by atoms with E-state index < -0.39 is 17.1 Å². The van der Waals surface area contributed by atoms with Crippen molar-refractivity contribution in [3.8, 4) is 0 Å². The summed E-state index contributed by atoms with van der Waals surface area (Å²) in [6, 6.07) is 7.13. The summed E-state index contributed by atoms with van der Waals surface area (Å²) in [5.41, 5.74) is -0.100. The first kappa shape index (κ1) is 19.9. The average molecular weight is 361 g/mol. The minimum atomic E-state index is -0.970. The van der Waals surface area contributed by atoms with Gasteiger partial charge < -0.3 is 14.7 Å². The van der Waals surface area contributed by atoms with Crippen LogP contribution in [0.5, 0.6) is 0 Å². The molecule has 1 amide bonds. The molecule has 0 saturated carbocycles. The van der Waals surface area contributed by atoms with Crippen LogP contribution in [0.1, 0.15) is 50.0 Å². The maximum atomic E-state index is 13.0. The third-order valence-corrected chi connectivity index (χ3v) is 4.88. The van der Waals surface area contributed by atoms with E-state index in [-0.39, 0.29) is 11.9 Å². The lowest BCUT2D eigenvalue weighted by Crippen LogP contribution is -2.44. The van der Waals surface area contributed by atoms with Crippen molar-refractivity contribution in [3.63, 3.8) is 0 Å². The molecule has 1 fully saturated rings. The fourth-order valence-corrected chi connectivity index (χ4v) is 3.43. The Morgan fingerprint density at radius 2 is 2.00 bits per heavy atom. The van der Waals surface area contributed by atoms with Crippen molar-refractivity contribution in [1.82, 2.24) is 4.90 Å². The molecule has 2 rings (SSSR count). The minimum Gasteiger partial charge on any atom is -0.465 e. The van der Waals surface area contributed by atoms with Gasteiger partial charge in [0.1, 0.15) is 11.9 Å². The lowest BCUT2D eigenvalue weighted by Gasteiger charge is -2.36. The molecule has 142 valence electrons. The van der Waals surface area contributed by atoms with Gasteiger partial charge in [0.2, 0.25) is 0 Å². The number of rotatable bonds is 5. The lowest BCUT2D eigenvalue weighted by molar-refractivity contribution is -0.170. The van der Waals surface area contributed by atoms with Crippen molar-refractivity contribution in [1.29, 1.82) is 0 Å². The van der Waals surface area contributed by atoms with Crippen molar-refractivity contribution in [2.75, 3.05) is 13.1 Å². The van der Waals surface area contributed by atoms with Crippen molar-refractivity contribution in [2.45, 2.75) is 46.1 Å². The summed E-state index contributed by atoms with van der Waals surface area (Å²) >= 11 is 0. The van der Waals surface area contributed by atoms with Crippen molar-refractivity contribution in [2.24, 2.45) is 11.3 Å². The van der Waals surface area contributed by atoms with E-state index in [0.717, 1.165) is 11.8 Å². The van der Waals surface area contributed by atoms with Crippen molar-refractivity contribution < 1.29 is 24.2 Å². The zero-order chi connectivity index (χ0) is 19.5. The Bertz CT molecular complexity index is 694. The van der Waals surface area contributed by atoms with Crippen molar-refractivity contribution >= 4 is 18.3 Å². The number of hydrogen-bond donors (Lipinski definition) is 1. The Morgan fingerprint density at radius 3 is 2.54 bits per heavy atom. The summed E-state index contributed by atoms with van der Waals surface area (Å²) in [5.74, 6) is -0.480. The second-order valence-electron chi connectivity index (χ2n) is 8.17. The number of likely N-dealkylation sites (tertiary alicyclic amines) is 1. The number of carbonyl (C=O) groups is 3. The van der Waals surface area contributed by atoms with Gasteiger partial charge in [-0.3, -0.25) is 9.59 Å². The fraction of sp³-hybridized carbons (Fsp3) is 0.550. The molecule has 1 unspecified atom stereocenters. The third-order valence-electron chi connectivity index (χ3n) is 4.88. The highest BCUT2D eigenvalue weighted by Crippen LogP contribution is 2.40. The van der Waals surface area contributed by atoms with E-state index in [9.17, 15) is 19.5 Å². The van der Waals surface area contributed by atoms with Gasteiger partial charge in [0.25, 0.3) is 0 Å². The van der Waals surface area contributed by atoms with Gasteiger partial charge in [-0.2, -0.15) is 0 Å². The molecule has 1 aromatic carbocycles. The molecule has 0 spiro atoms. The number of hydrogen-bond acceptors (Lipinski definition) is 4. The first-order chi connectivity index (χ1) is 12.0. The van der Waals surface area contributed by atoms with Crippen LogP contribution >= 0.6 is 0 Å². The van der Waals surface area contributed by atoms with Gasteiger partial charge in [0.05, 0.1) is 5.41 Å². The first-order valence-electron chi connectivity index (χ1n) is 8.80. The SMILES string of the molecule is CC(C)(C)OC(=O)C(C)(Cc1cccc(C=O)c1)[C@H]1CCN(C(=O)O)C1. The van der Waals surface area contributed by atoms with Gasteiger partial charge in [0, 0.05) is 18.7 Å². The largest absolute Gasteiger partial charge is 0.465 e. The quantitative estimate of drug-likeness (QED) is 0.642. The molecule has 0 aliphatic carbocycles. The highest BCUT2D eigenvalue weighted by Gasteiger charge is 2.47. The molecule has 1 aromatic rings. The van der Waals surface area contributed by atoms with Crippen molar-refractivity contribution in [3.05, 3.63) is 35.4 Å². The number of amides is 1. The summed E-state index contributed by atoms with van der Waals surface area (Å²) in [6.07, 6.45) is 0.801. The van der Waals surface area contributed by atoms with Crippen LogP contribution in [0.25, 0.3) is 0 Å². The van der Waals surface area contributed by atoms with Crippen LogP contribution in [-0.2, 0) is 16.0 Å². The molecule has 0 radical (unpaired) electrons. The summed E-state index contributed by atoms with van der Waals surface area (Å²) in [6.45, 7) is 8.00. The van der Waals surface area contributed by atoms with Gasteiger partial charge in [-0.05, 0) is 58.1 Å². The molecule has 1 N–H and O–H groups in total. The van der Waals surface area contributed by atoms with E-state index in [4.69, 9.17) is 4.74 Å². The molecule has 1 aliphatic heterocycles. The van der Waals surface area contributed by atoms with Gasteiger partial charge in [-0.15, -0.1) is 0 Å². The van der Waals surface area contributed by atoms with E-state index in [1.165, 1.54) is 4.90 Å². The van der Waals surface area contributed by atoms with Crippen LogP contribution in [0.2, 0.25) is 0 Å². The molecule has 6 nitrogen and oxygen atoms in total. The molecular weight excluding hydrogens is 334 g/mol. The molecular formula is C20H27NO5. The van der Waals surface area contributed by atoms with E-state index in [1.54, 1.807) is 18.2 Å². The number of benzene rings is 1. The van der Waals surface area contributed by atoms with Crippen LogP contribution in [0.4, 0.5) is 4.79 Å². The van der Waals surface area contributed by atoms with Crippen LogP contribution in [0.15, 0.2) is 24.3 Å². The molecule has 6 heteroatoms. The fourth-order valence-electron chi connectivity index (χ4n) is 3.43. The maximum Gasteiger partial charge on any atom is 0.407 e. The Labute approximate surface area is 154 Å².